The Labute approximate surface area is 183 Å². The Kier molecular flexibility index (Phi) is 6.23. The van der Waals surface area contributed by atoms with Crippen LogP contribution in [0.15, 0.2) is 52.3 Å². The van der Waals surface area contributed by atoms with Gasteiger partial charge in [0.2, 0.25) is 10.0 Å². The SMILES string of the molecule is CC(C)Sc1ccccc1C(=O)N1CCN(S(=O)(=O)c2ccc3c(c2)CCC3)CC1. The monoisotopic (exact) mass is 444 g/mol. The molecule has 160 valence electrons. The van der Waals surface area contributed by atoms with Gasteiger partial charge in [-0.05, 0) is 54.7 Å². The van der Waals surface area contributed by atoms with Gasteiger partial charge in [0.15, 0.2) is 0 Å². The molecule has 1 amide bonds. The number of piperazine rings is 1. The minimum atomic E-state index is -3.53. The van der Waals surface area contributed by atoms with Gasteiger partial charge in [-0.1, -0.05) is 32.0 Å². The summed E-state index contributed by atoms with van der Waals surface area (Å²) in [4.78, 5) is 16.2. The average molecular weight is 445 g/mol. The summed E-state index contributed by atoms with van der Waals surface area (Å²) < 4.78 is 27.8. The van der Waals surface area contributed by atoms with Gasteiger partial charge in [0.05, 0.1) is 10.5 Å². The molecule has 2 aliphatic rings. The molecule has 1 heterocycles. The molecule has 0 spiro atoms. The number of carbonyl (C=O) groups is 1. The van der Waals surface area contributed by atoms with E-state index >= 15 is 0 Å². The lowest BCUT2D eigenvalue weighted by Gasteiger charge is -2.34. The summed E-state index contributed by atoms with van der Waals surface area (Å²) in [6.45, 7) is 5.67. The second kappa shape index (κ2) is 8.73. The Morgan fingerprint density at radius 3 is 2.40 bits per heavy atom. The fourth-order valence-electron chi connectivity index (χ4n) is 4.16. The third-order valence-electron chi connectivity index (χ3n) is 5.71. The molecule has 2 aromatic carbocycles. The second-order valence-electron chi connectivity index (χ2n) is 8.14. The Morgan fingerprint density at radius 2 is 1.67 bits per heavy atom. The number of benzene rings is 2. The summed E-state index contributed by atoms with van der Waals surface area (Å²) in [6.07, 6.45) is 3.08. The highest BCUT2D eigenvalue weighted by Gasteiger charge is 2.31. The van der Waals surface area contributed by atoms with Crippen molar-refractivity contribution in [1.29, 1.82) is 0 Å². The predicted molar refractivity (Wildman–Crippen MR) is 121 cm³/mol. The third kappa shape index (κ3) is 4.29. The van der Waals surface area contributed by atoms with Crippen LogP contribution in [0.4, 0.5) is 0 Å². The number of hydrogen-bond donors (Lipinski definition) is 0. The van der Waals surface area contributed by atoms with E-state index in [0.29, 0.717) is 41.9 Å². The van der Waals surface area contributed by atoms with Crippen LogP contribution in [0, 0.1) is 0 Å². The Bertz CT molecular complexity index is 1040. The zero-order valence-electron chi connectivity index (χ0n) is 17.5. The molecule has 0 N–H and O–H groups in total. The molecule has 30 heavy (non-hydrogen) atoms. The quantitative estimate of drug-likeness (QED) is 0.658. The standard InChI is InChI=1S/C23H28N2O3S2/c1-17(2)29-22-9-4-3-8-21(22)23(26)24-12-14-25(15-13-24)30(27,28)20-11-10-18-6-5-7-19(18)16-20/h3-4,8-11,16-17H,5-7,12-15H2,1-2H3. The van der Waals surface area contributed by atoms with Crippen LogP contribution in [0.2, 0.25) is 0 Å². The molecule has 1 saturated heterocycles. The molecule has 0 atom stereocenters. The van der Waals surface area contributed by atoms with Crippen LogP contribution in [0.5, 0.6) is 0 Å². The highest BCUT2D eigenvalue weighted by Crippen LogP contribution is 2.29. The molecular weight excluding hydrogens is 416 g/mol. The van der Waals surface area contributed by atoms with Crippen molar-refractivity contribution in [1.82, 2.24) is 9.21 Å². The van der Waals surface area contributed by atoms with Gasteiger partial charge >= 0.3 is 0 Å². The summed E-state index contributed by atoms with van der Waals surface area (Å²) in [5, 5.41) is 0.383. The fraction of sp³-hybridized carbons (Fsp3) is 0.435. The van der Waals surface area contributed by atoms with E-state index in [1.54, 1.807) is 22.7 Å². The topological polar surface area (TPSA) is 57.7 Å². The van der Waals surface area contributed by atoms with Crippen LogP contribution in [0.1, 0.15) is 41.8 Å². The molecule has 0 unspecified atom stereocenters. The zero-order chi connectivity index (χ0) is 21.3. The van der Waals surface area contributed by atoms with Gasteiger partial charge in [-0.3, -0.25) is 4.79 Å². The van der Waals surface area contributed by atoms with Crippen molar-refractivity contribution in [3.8, 4) is 0 Å². The zero-order valence-corrected chi connectivity index (χ0v) is 19.1. The number of thioether (sulfide) groups is 1. The van der Waals surface area contributed by atoms with E-state index in [1.807, 2.05) is 36.4 Å². The third-order valence-corrected chi connectivity index (χ3v) is 8.69. The summed E-state index contributed by atoms with van der Waals surface area (Å²) in [5.41, 5.74) is 3.12. The summed E-state index contributed by atoms with van der Waals surface area (Å²) in [5.74, 6) is -0.0201. The Hall–Kier alpha value is -1.83. The molecule has 1 fully saturated rings. The number of sulfonamides is 1. The van der Waals surface area contributed by atoms with Gasteiger partial charge in [0.1, 0.15) is 0 Å². The van der Waals surface area contributed by atoms with Crippen molar-refractivity contribution in [2.24, 2.45) is 0 Å². The lowest BCUT2D eigenvalue weighted by atomic mass is 10.1. The first-order valence-corrected chi connectivity index (χ1v) is 12.8. The van der Waals surface area contributed by atoms with Crippen LogP contribution < -0.4 is 0 Å². The predicted octanol–water partition coefficient (Wildman–Crippen LogP) is 3.82. The highest BCUT2D eigenvalue weighted by molar-refractivity contribution is 8.00. The summed E-state index contributed by atoms with van der Waals surface area (Å²) >= 11 is 1.68. The molecule has 0 saturated carbocycles. The number of hydrogen-bond acceptors (Lipinski definition) is 4. The van der Waals surface area contributed by atoms with Gasteiger partial charge in [0, 0.05) is 36.3 Å². The van der Waals surface area contributed by atoms with Crippen molar-refractivity contribution >= 4 is 27.7 Å². The molecule has 0 bridgehead atoms. The van der Waals surface area contributed by atoms with Gasteiger partial charge in [-0.2, -0.15) is 4.31 Å². The Balaban J connectivity index is 1.46. The number of fused-ring (bicyclic) bond motifs is 1. The fourth-order valence-corrected chi connectivity index (χ4v) is 6.58. The minimum Gasteiger partial charge on any atom is -0.336 e. The van der Waals surface area contributed by atoms with Crippen molar-refractivity contribution in [2.45, 2.75) is 48.2 Å². The van der Waals surface area contributed by atoms with E-state index in [9.17, 15) is 13.2 Å². The number of carbonyl (C=O) groups excluding carboxylic acids is 1. The summed E-state index contributed by atoms with van der Waals surface area (Å²) in [6, 6.07) is 13.2. The van der Waals surface area contributed by atoms with E-state index in [-0.39, 0.29) is 5.91 Å². The van der Waals surface area contributed by atoms with Crippen LogP contribution in [-0.2, 0) is 22.9 Å². The molecule has 0 aromatic heterocycles. The first kappa shape index (κ1) is 21.4. The summed E-state index contributed by atoms with van der Waals surface area (Å²) in [7, 11) is -3.53. The second-order valence-corrected chi connectivity index (χ2v) is 11.7. The molecule has 7 heteroatoms. The molecule has 5 nitrogen and oxygen atoms in total. The largest absolute Gasteiger partial charge is 0.336 e. The van der Waals surface area contributed by atoms with Gasteiger partial charge in [-0.25, -0.2) is 8.42 Å². The average Bonchev–Trinajstić information content (AvgIpc) is 3.21. The molecule has 0 radical (unpaired) electrons. The van der Waals surface area contributed by atoms with E-state index in [1.165, 1.54) is 9.87 Å². The first-order valence-electron chi connectivity index (χ1n) is 10.5. The smallest absolute Gasteiger partial charge is 0.255 e. The van der Waals surface area contributed by atoms with E-state index in [4.69, 9.17) is 0 Å². The van der Waals surface area contributed by atoms with Crippen molar-refractivity contribution < 1.29 is 13.2 Å². The minimum absolute atomic E-state index is 0.0201. The van der Waals surface area contributed by atoms with Crippen molar-refractivity contribution in [3.05, 3.63) is 59.2 Å². The van der Waals surface area contributed by atoms with E-state index in [0.717, 1.165) is 29.7 Å². The highest BCUT2D eigenvalue weighted by atomic mass is 32.2. The number of rotatable bonds is 5. The maximum absolute atomic E-state index is 13.1. The molecular formula is C23H28N2O3S2. The van der Waals surface area contributed by atoms with Crippen LogP contribution in [0.3, 0.4) is 0 Å². The lowest BCUT2D eigenvalue weighted by molar-refractivity contribution is 0.0694. The maximum Gasteiger partial charge on any atom is 0.255 e. The number of nitrogens with zero attached hydrogens (tertiary/aromatic N) is 2. The van der Waals surface area contributed by atoms with E-state index < -0.39 is 10.0 Å². The first-order chi connectivity index (χ1) is 14.4. The van der Waals surface area contributed by atoms with Crippen molar-refractivity contribution in [3.63, 3.8) is 0 Å². The van der Waals surface area contributed by atoms with Crippen LogP contribution in [0.25, 0.3) is 0 Å². The van der Waals surface area contributed by atoms with Gasteiger partial charge in [-0.15, -0.1) is 11.8 Å². The van der Waals surface area contributed by atoms with E-state index in [2.05, 4.69) is 13.8 Å². The van der Waals surface area contributed by atoms with Gasteiger partial charge < -0.3 is 4.90 Å². The Morgan fingerprint density at radius 1 is 0.967 bits per heavy atom. The molecule has 1 aliphatic carbocycles. The van der Waals surface area contributed by atoms with Crippen molar-refractivity contribution in [2.75, 3.05) is 26.2 Å². The molecule has 2 aromatic rings. The van der Waals surface area contributed by atoms with Crippen LogP contribution >= 0.6 is 11.8 Å². The lowest BCUT2D eigenvalue weighted by Crippen LogP contribution is -2.50. The maximum atomic E-state index is 13.1. The van der Waals surface area contributed by atoms with Crippen LogP contribution in [-0.4, -0.2) is 55.0 Å². The molecule has 4 rings (SSSR count). The number of amides is 1. The molecule has 1 aliphatic heterocycles. The number of aryl methyl sites for hydroxylation is 2. The van der Waals surface area contributed by atoms with Gasteiger partial charge in [0.25, 0.3) is 5.91 Å². The normalized spacial score (nSPS) is 17.4.